The number of aromatic nitrogens is 1. The molecule has 0 saturated carbocycles. The van der Waals surface area contributed by atoms with Gasteiger partial charge in [0.1, 0.15) is 11.1 Å². The third-order valence-corrected chi connectivity index (χ3v) is 5.25. The summed E-state index contributed by atoms with van der Waals surface area (Å²) >= 11 is 3.27. The van der Waals surface area contributed by atoms with Gasteiger partial charge in [-0.2, -0.15) is 0 Å². The lowest BCUT2D eigenvalue weighted by atomic mass is 10.1. The summed E-state index contributed by atoms with van der Waals surface area (Å²) < 4.78 is 5.69. The Bertz CT molecular complexity index is 679. The molecular formula is C16H18N2O2S2. The Morgan fingerprint density at radius 2 is 2.36 bits per heavy atom. The number of benzene rings is 1. The molecule has 0 spiro atoms. The van der Waals surface area contributed by atoms with Crippen LogP contribution in [0, 0.1) is 0 Å². The summed E-state index contributed by atoms with van der Waals surface area (Å²) in [6.07, 6.45) is 4.34. The van der Waals surface area contributed by atoms with E-state index >= 15 is 0 Å². The van der Waals surface area contributed by atoms with Gasteiger partial charge in [-0.15, -0.1) is 23.1 Å². The molecule has 6 heteroatoms. The number of rotatable bonds is 4. The Morgan fingerprint density at radius 1 is 1.50 bits per heavy atom. The fourth-order valence-corrected chi connectivity index (χ4v) is 3.98. The fourth-order valence-electron chi connectivity index (χ4n) is 2.48. The minimum absolute atomic E-state index is 0.0580. The highest BCUT2D eigenvalue weighted by molar-refractivity contribution is 7.98. The van der Waals surface area contributed by atoms with Crippen LogP contribution in [-0.4, -0.2) is 23.8 Å². The van der Waals surface area contributed by atoms with Gasteiger partial charge in [-0.3, -0.25) is 4.79 Å². The smallest absolute Gasteiger partial charge is 0.221 e. The molecule has 1 saturated heterocycles. The zero-order chi connectivity index (χ0) is 15.5. The van der Waals surface area contributed by atoms with Gasteiger partial charge in [-0.05, 0) is 31.2 Å². The molecule has 1 atom stereocenters. The standard InChI is InChI=1S/C16H18N2O2S2/c1-10(19)17-12-6-5-11(8-15(12)21-2)13-9-22-16(18-13)14-4-3-7-20-14/h5-6,8-9,14H,3-4,7H2,1-2H3,(H,17,19). The van der Waals surface area contributed by atoms with Crippen molar-refractivity contribution < 1.29 is 9.53 Å². The van der Waals surface area contributed by atoms with Crippen molar-refractivity contribution in [2.75, 3.05) is 18.2 Å². The number of amides is 1. The van der Waals surface area contributed by atoms with Crippen LogP contribution >= 0.6 is 23.1 Å². The van der Waals surface area contributed by atoms with Gasteiger partial charge in [-0.25, -0.2) is 4.98 Å². The zero-order valence-corrected chi connectivity index (χ0v) is 14.2. The quantitative estimate of drug-likeness (QED) is 0.845. The molecule has 1 amide bonds. The Hall–Kier alpha value is -1.37. The monoisotopic (exact) mass is 334 g/mol. The van der Waals surface area contributed by atoms with Crippen molar-refractivity contribution in [3.05, 3.63) is 28.6 Å². The predicted molar refractivity (Wildman–Crippen MR) is 91.6 cm³/mol. The van der Waals surface area contributed by atoms with Crippen LogP contribution in [0.5, 0.6) is 0 Å². The predicted octanol–water partition coefficient (Wildman–Crippen LogP) is 4.34. The lowest BCUT2D eigenvalue weighted by Gasteiger charge is -2.09. The topological polar surface area (TPSA) is 51.2 Å². The van der Waals surface area contributed by atoms with E-state index in [1.807, 2.05) is 18.4 Å². The Morgan fingerprint density at radius 3 is 3.05 bits per heavy atom. The molecule has 1 fully saturated rings. The summed E-state index contributed by atoms with van der Waals surface area (Å²) in [5, 5.41) is 5.99. The molecule has 1 aromatic heterocycles. The second-order valence-corrected chi connectivity index (χ2v) is 6.91. The van der Waals surface area contributed by atoms with Crippen molar-refractivity contribution in [1.82, 2.24) is 4.98 Å². The van der Waals surface area contributed by atoms with Crippen LogP contribution in [-0.2, 0) is 9.53 Å². The third kappa shape index (κ3) is 3.34. The second-order valence-electron chi connectivity index (χ2n) is 5.17. The SMILES string of the molecule is CSc1cc(-c2csc(C3CCCO3)n2)ccc1NC(C)=O. The van der Waals surface area contributed by atoms with Crippen molar-refractivity contribution >= 4 is 34.7 Å². The van der Waals surface area contributed by atoms with Crippen LogP contribution in [0.3, 0.4) is 0 Å². The lowest BCUT2D eigenvalue weighted by Crippen LogP contribution is -2.06. The molecule has 1 aliphatic rings. The average molecular weight is 334 g/mol. The van der Waals surface area contributed by atoms with E-state index in [1.54, 1.807) is 23.1 Å². The Kier molecular flexibility index (Phi) is 4.81. The molecular weight excluding hydrogens is 316 g/mol. The van der Waals surface area contributed by atoms with Gasteiger partial charge in [0, 0.05) is 29.4 Å². The number of nitrogens with one attached hydrogen (secondary N) is 1. The minimum Gasteiger partial charge on any atom is -0.371 e. The fraction of sp³-hybridized carbons (Fsp3) is 0.375. The molecule has 0 aliphatic carbocycles. The largest absolute Gasteiger partial charge is 0.371 e. The highest BCUT2D eigenvalue weighted by Gasteiger charge is 2.21. The number of thioether (sulfide) groups is 1. The number of thiazole rings is 1. The maximum absolute atomic E-state index is 11.2. The maximum Gasteiger partial charge on any atom is 0.221 e. The lowest BCUT2D eigenvalue weighted by molar-refractivity contribution is -0.114. The number of ether oxygens (including phenoxy) is 1. The summed E-state index contributed by atoms with van der Waals surface area (Å²) in [6, 6.07) is 6.01. The van der Waals surface area contributed by atoms with Crippen molar-refractivity contribution in [2.24, 2.45) is 0 Å². The van der Waals surface area contributed by atoms with E-state index in [4.69, 9.17) is 9.72 Å². The molecule has 116 valence electrons. The van der Waals surface area contributed by atoms with Crippen molar-refractivity contribution in [3.8, 4) is 11.3 Å². The maximum atomic E-state index is 11.2. The van der Waals surface area contributed by atoms with E-state index in [0.717, 1.165) is 46.3 Å². The number of anilines is 1. The van der Waals surface area contributed by atoms with Gasteiger partial charge in [0.05, 0.1) is 11.4 Å². The van der Waals surface area contributed by atoms with Crippen molar-refractivity contribution in [2.45, 2.75) is 30.8 Å². The molecule has 4 nitrogen and oxygen atoms in total. The Balaban J connectivity index is 1.86. The van der Waals surface area contributed by atoms with Gasteiger partial charge >= 0.3 is 0 Å². The molecule has 3 rings (SSSR count). The first-order valence-corrected chi connectivity index (χ1v) is 9.31. The second kappa shape index (κ2) is 6.81. The highest BCUT2D eigenvalue weighted by Crippen LogP contribution is 2.35. The number of hydrogen-bond donors (Lipinski definition) is 1. The molecule has 1 unspecified atom stereocenters. The van der Waals surface area contributed by atoms with E-state index in [9.17, 15) is 4.79 Å². The normalized spacial score (nSPS) is 17.6. The minimum atomic E-state index is -0.0580. The summed E-state index contributed by atoms with van der Waals surface area (Å²) in [4.78, 5) is 17.0. The van der Waals surface area contributed by atoms with E-state index in [-0.39, 0.29) is 12.0 Å². The highest BCUT2D eigenvalue weighted by atomic mass is 32.2. The van der Waals surface area contributed by atoms with Crippen LogP contribution in [0.25, 0.3) is 11.3 Å². The molecule has 1 aliphatic heterocycles. The molecule has 2 aromatic rings. The number of hydrogen-bond acceptors (Lipinski definition) is 5. The van der Waals surface area contributed by atoms with Gasteiger partial charge in [-0.1, -0.05) is 6.07 Å². The molecule has 2 heterocycles. The third-order valence-electron chi connectivity index (χ3n) is 3.54. The molecule has 22 heavy (non-hydrogen) atoms. The van der Waals surface area contributed by atoms with Crippen LogP contribution < -0.4 is 5.32 Å². The van der Waals surface area contributed by atoms with E-state index in [0.29, 0.717) is 0 Å². The Labute approximate surface area is 138 Å². The van der Waals surface area contributed by atoms with E-state index in [1.165, 1.54) is 6.92 Å². The van der Waals surface area contributed by atoms with Crippen molar-refractivity contribution in [3.63, 3.8) is 0 Å². The number of carbonyl (C=O) groups is 1. The molecule has 0 radical (unpaired) electrons. The van der Waals surface area contributed by atoms with E-state index < -0.39 is 0 Å². The van der Waals surface area contributed by atoms with Crippen molar-refractivity contribution in [1.29, 1.82) is 0 Å². The molecule has 0 bridgehead atoms. The first-order valence-electron chi connectivity index (χ1n) is 7.20. The van der Waals surface area contributed by atoms with Crippen LogP contribution in [0.15, 0.2) is 28.5 Å². The first kappa shape index (κ1) is 15.5. The van der Waals surface area contributed by atoms with Gasteiger partial charge in [0.2, 0.25) is 5.91 Å². The van der Waals surface area contributed by atoms with Crippen LogP contribution in [0.4, 0.5) is 5.69 Å². The molecule has 1 N–H and O–H groups in total. The number of nitrogens with zero attached hydrogens (tertiary/aromatic N) is 1. The van der Waals surface area contributed by atoms with Crippen LogP contribution in [0.1, 0.15) is 30.9 Å². The summed E-state index contributed by atoms with van der Waals surface area (Å²) in [5.41, 5.74) is 2.89. The average Bonchev–Trinajstić information content (AvgIpc) is 3.18. The van der Waals surface area contributed by atoms with E-state index in [2.05, 4.69) is 16.8 Å². The molecule has 1 aromatic carbocycles. The van der Waals surface area contributed by atoms with Crippen LogP contribution in [0.2, 0.25) is 0 Å². The zero-order valence-electron chi connectivity index (χ0n) is 12.6. The van der Waals surface area contributed by atoms with Gasteiger partial charge < -0.3 is 10.1 Å². The summed E-state index contributed by atoms with van der Waals surface area (Å²) in [7, 11) is 0. The first-order chi connectivity index (χ1) is 10.7. The summed E-state index contributed by atoms with van der Waals surface area (Å²) in [6.45, 7) is 2.36. The summed E-state index contributed by atoms with van der Waals surface area (Å²) in [5.74, 6) is -0.0580. The van der Waals surface area contributed by atoms with Gasteiger partial charge in [0.15, 0.2) is 0 Å². The van der Waals surface area contributed by atoms with Gasteiger partial charge in [0.25, 0.3) is 0 Å². The number of carbonyl (C=O) groups excluding carboxylic acids is 1.